The van der Waals surface area contributed by atoms with Gasteiger partial charge in [0.1, 0.15) is 0 Å². The molecule has 0 aromatic heterocycles. The average molecular weight is 231 g/mol. The van der Waals surface area contributed by atoms with E-state index in [2.05, 4.69) is 24.4 Å². The van der Waals surface area contributed by atoms with Gasteiger partial charge in [0.25, 0.3) is 0 Å². The van der Waals surface area contributed by atoms with E-state index < -0.39 is 0 Å². The standard InChI is InChI=1S/C15H21NO/c1-4-12(5-2)15(17)16-14(6-3)13-10-8-7-9-11-13/h4,7-11,14H,5-6H2,1-3H3,(H,16,17). The van der Waals surface area contributed by atoms with Gasteiger partial charge < -0.3 is 5.32 Å². The number of amides is 1. The van der Waals surface area contributed by atoms with Crippen LogP contribution in [0.15, 0.2) is 42.0 Å². The van der Waals surface area contributed by atoms with Gasteiger partial charge in [-0.3, -0.25) is 4.79 Å². The molecule has 1 rings (SSSR count). The molecule has 0 fully saturated rings. The molecule has 1 aromatic rings. The lowest BCUT2D eigenvalue weighted by atomic mass is 10.0. The molecule has 0 heterocycles. The third kappa shape index (κ3) is 3.74. The minimum atomic E-state index is 0.0469. The molecule has 0 aliphatic heterocycles. The van der Waals surface area contributed by atoms with Crippen molar-refractivity contribution in [1.29, 1.82) is 0 Å². The molecule has 0 aliphatic rings. The minimum Gasteiger partial charge on any atom is -0.346 e. The van der Waals surface area contributed by atoms with Crippen molar-refractivity contribution >= 4 is 5.91 Å². The summed E-state index contributed by atoms with van der Waals surface area (Å²) in [6.45, 7) is 5.99. The lowest BCUT2D eigenvalue weighted by Crippen LogP contribution is -2.29. The van der Waals surface area contributed by atoms with Crippen LogP contribution in [0.4, 0.5) is 0 Å². The Labute approximate surface area is 104 Å². The molecule has 2 nitrogen and oxygen atoms in total. The lowest BCUT2D eigenvalue weighted by molar-refractivity contribution is -0.118. The van der Waals surface area contributed by atoms with Crippen LogP contribution in [0, 0.1) is 0 Å². The van der Waals surface area contributed by atoms with Crippen LogP contribution in [0.25, 0.3) is 0 Å². The van der Waals surface area contributed by atoms with Crippen molar-refractivity contribution in [3.63, 3.8) is 0 Å². The first-order chi connectivity index (χ1) is 8.22. The van der Waals surface area contributed by atoms with Gasteiger partial charge in [-0.2, -0.15) is 0 Å². The van der Waals surface area contributed by atoms with Gasteiger partial charge in [-0.25, -0.2) is 0 Å². The highest BCUT2D eigenvalue weighted by molar-refractivity contribution is 5.93. The van der Waals surface area contributed by atoms with Crippen molar-refractivity contribution in [3.05, 3.63) is 47.5 Å². The smallest absolute Gasteiger partial charge is 0.247 e. The Balaban J connectivity index is 2.75. The Hall–Kier alpha value is -1.57. The van der Waals surface area contributed by atoms with Crippen LogP contribution in [0.1, 0.15) is 45.2 Å². The first kappa shape index (κ1) is 13.5. The van der Waals surface area contributed by atoms with E-state index in [-0.39, 0.29) is 11.9 Å². The van der Waals surface area contributed by atoms with E-state index in [4.69, 9.17) is 0 Å². The number of carbonyl (C=O) groups excluding carboxylic acids is 1. The van der Waals surface area contributed by atoms with Crippen molar-refractivity contribution in [3.8, 4) is 0 Å². The van der Waals surface area contributed by atoms with Crippen LogP contribution >= 0.6 is 0 Å². The van der Waals surface area contributed by atoms with Gasteiger partial charge in [-0.1, -0.05) is 50.3 Å². The molecule has 0 bridgehead atoms. The largest absolute Gasteiger partial charge is 0.346 e. The normalized spacial score (nSPS) is 13.2. The van der Waals surface area contributed by atoms with Crippen molar-refractivity contribution in [2.75, 3.05) is 0 Å². The summed E-state index contributed by atoms with van der Waals surface area (Å²) >= 11 is 0. The SMILES string of the molecule is CC=C(CC)C(=O)NC(CC)c1ccccc1. The summed E-state index contributed by atoms with van der Waals surface area (Å²) in [7, 11) is 0. The number of rotatable bonds is 5. The Morgan fingerprint density at radius 1 is 1.29 bits per heavy atom. The molecule has 92 valence electrons. The molecule has 1 N–H and O–H groups in total. The number of hydrogen-bond donors (Lipinski definition) is 1. The highest BCUT2D eigenvalue weighted by Crippen LogP contribution is 2.16. The number of benzene rings is 1. The molecular formula is C15H21NO. The first-order valence-electron chi connectivity index (χ1n) is 6.23. The van der Waals surface area contributed by atoms with Crippen LogP contribution < -0.4 is 5.32 Å². The number of hydrogen-bond acceptors (Lipinski definition) is 1. The van der Waals surface area contributed by atoms with E-state index in [9.17, 15) is 4.79 Å². The van der Waals surface area contributed by atoms with Crippen LogP contribution in [0.2, 0.25) is 0 Å². The Morgan fingerprint density at radius 3 is 2.41 bits per heavy atom. The first-order valence-corrected chi connectivity index (χ1v) is 6.23. The average Bonchev–Trinajstić information content (AvgIpc) is 2.38. The van der Waals surface area contributed by atoms with Gasteiger partial charge in [0.05, 0.1) is 6.04 Å². The fraction of sp³-hybridized carbons (Fsp3) is 0.400. The number of nitrogens with one attached hydrogen (secondary N) is 1. The van der Waals surface area contributed by atoms with Gasteiger partial charge in [0.2, 0.25) is 5.91 Å². The van der Waals surface area contributed by atoms with Crippen LogP contribution in [-0.2, 0) is 4.79 Å². The summed E-state index contributed by atoms with van der Waals surface area (Å²) < 4.78 is 0. The molecule has 0 saturated carbocycles. The van der Waals surface area contributed by atoms with Gasteiger partial charge in [0, 0.05) is 5.57 Å². The Kier molecular flexibility index (Phi) is 5.47. The zero-order valence-electron chi connectivity index (χ0n) is 10.9. The molecule has 0 saturated heterocycles. The zero-order chi connectivity index (χ0) is 12.7. The topological polar surface area (TPSA) is 29.1 Å². The van der Waals surface area contributed by atoms with E-state index in [1.165, 1.54) is 0 Å². The fourth-order valence-corrected chi connectivity index (χ4v) is 1.85. The summed E-state index contributed by atoms with van der Waals surface area (Å²) in [5, 5.41) is 3.08. The molecule has 1 atom stereocenters. The van der Waals surface area contributed by atoms with Crippen molar-refractivity contribution in [2.45, 2.75) is 39.7 Å². The molecule has 0 aliphatic carbocycles. The summed E-state index contributed by atoms with van der Waals surface area (Å²) in [6.07, 6.45) is 3.55. The zero-order valence-corrected chi connectivity index (χ0v) is 10.9. The van der Waals surface area contributed by atoms with Crippen molar-refractivity contribution in [2.24, 2.45) is 0 Å². The number of allylic oxidation sites excluding steroid dienone is 1. The maximum atomic E-state index is 12.0. The van der Waals surface area contributed by atoms with Crippen LogP contribution in [-0.4, -0.2) is 5.91 Å². The predicted octanol–water partition coefficient (Wildman–Crippen LogP) is 3.61. The quantitative estimate of drug-likeness (QED) is 0.771. The lowest BCUT2D eigenvalue weighted by Gasteiger charge is -2.18. The Bertz CT molecular complexity index is 381. The van der Waals surface area contributed by atoms with E-state index in [1.54, 1.807) is 0 Å². The molecule has 0 radical (unpaired) electrons. The monoisotopic (exact) mass is 231 g/mol. The second-order valence-electron chi connectivity index (χ2n) is 4.01. The van der Waals surface area contributed by atoms with E-state index in [0.717, 1.165) is 24.0 Å². The third-order valence-corrected chi connectivity index (χ3v) is 2.94. The summed E-state index contributed by atoms with van der Waals surface area (Å²) in [4.78, 5) is 12.0. The van der Waals surface area contributed by atoms with Crippen molar-refractivity contribution in [1.82, 2.24) is 5.32 Å². The maximum Gasteiger partial charge on any atom is 0.247 e. The van der Waals surface area contributed by atoms with E-state index >= 15 is 0 Å². The van der Waals surface area contributed by atoms with Crippen LogP contribution in [0.5, 0.6) is 0 Å². The highest BCUT2D eigenvalue weighted by atomic mass is 16.1. The number of carbonyl (C=O) groups is 1. The maximum absolute atomic E-state index is 12.0. The molecule has 17 heavy (non-hydrogen) atoms. The van der Waals surface area contributed by atoms with Gasteiger partial charge in [-0.05, 0) is 25.3 Å². The molecule has 0 spiro atoms. The molecular weight excluding hydrogens is 210 g/mol. The summed E-state index contributed by atoms with van der Waals surface area (Å²) in [6, 6.07) is 10.2. The van der Waals surface area contributed by atoms with Gasteiger partial charge >= 0.3 is 0 Å². The predicted molar refractivity (Wildman–Crippen MR) is 71.7 cm³/mol. The second kappa shape index (κ2) is 6.89. The minimum absolute atomic E-state index is 0.0469. The van der Waals surface area contributed by atoms with Gasteiger partial charge in [0.15, 0.2) is 0 Å². The molecule has 1 aromatic carbocycles. The second-order valence-corrected chi connectivity index (χ2v) is 4.01. The molecule has 1 amide bonds. The summed E-state index contributed by atoms with van der Waals surface area (Å²) in [5.74, 6) is 0.0469. The third-order valence-electron chi connectivity index (χ3n) is 2.94. The van der Waals surface area contributed by atoms with Crippen molar-refractivity contribution < 1.29 is 4.79 Å². The summed E-state index contributed by atoms with van der Waals surface area (Å²) in [5.41, 5.74) is 2.01. The van der Waals surface area contributed by atoms with E-state index in [0.29, 0.717) is 0 Å². The van der Waals surface area contributed by atoms with Gasteiger partial charge in [-0.15, -0.1) is 0 Å². The Morgan fingerprint density at radius 2 is 1.94 bits per heavy atom. The molecule has 1 unspecified atom stereocenters. The molecule has 2 heteroatoms. The fourth-order valence-electron chi connectivity index (χ4n) is 1.85. The van der Waals surface area contributed by atoms with Crippen LogP contribution in [0.3, 0.4) is 0 Å². The van der Waals surface area contributed by atoms with E-state index in [1.807, 2.05) is 38.1 Å². The highest BCUT2D eigenvalue weighted by Gasteiger charge is 2.13.